The molecule has 1 aromatic heterocycles. The van der Waals surface area contributed by atoms with E-state index >= 15 is 0 Å². The first kappa shape index (κ1) is 19.8. The maximum atomic E-state index is 12.7. The molecule has 158 valence electrons. The van der Waals surface area contributed by atoms with Crippen molar-refractivity contribution in [3.63, 3.8) is 0 Å². The lowest BCUT2D eigenvalue weighted by molar-refractivity contribution is -0.122. The third kappa shape index (κ3) is 4.08. The number of hydrogen-bond acceptors (Lipinski definition) is 6. The van der Waals surface area contributed by atoms with Gasteiger partial charge in [-0.25, -0.2) is 4.98 Å². The number of thiazole rings is 1. The molecule has 0 radical (unpaired) electrons. The van der Waals surface area contributed by atoms with Crippen LogP contribution in [0.15, 0.2) is 42.5 Å². The van der Waals surface area contributed by atoms with Gasteiger partial charge in [0.2, 0.25) is 12.7 Å². The molecule has 7 nitrogen and oxygen atoms in total. The molecule has 9 heteroatoms. The summed E-state index contributed by atoms with van der Waals surface area (Å²) in [5.74, 6) is 0.515. The number of amides is 2. The van der Waals surface area contributed by atoms with Gasteiger partial charge in [-0.15, -0.1) is 11.3 Å². The van der Waals surface area contributed by atoms with Gasteiger partial charge in [0.05, 0.1) is 11.6 Å². The highest BCUT2D eigenvalue weighted by atomic mass is 35.5. The molecule has 2 aromatic carbocycles. The van der Waals surface area contributed by atoms with E-state index in [4.69, 9.17) is 21.1 Å². The van der Waals surface area contributed by atoms with Crippen molar-refractivity contribution in [2.24, 2.45) is 0 Å². The number of benzene rings is 2. The van der Waals surface area contributed by atoms with Crippen molar-refractivity contribution >= 4 is 39.9 Å². The van der Waals surface area contributed by atoms with E-state index in [-0.39, 0.29) is 24.5 Å². The third-order valence-corrected chi connectivity index (χ3v) is 6.57. The standard InChI is InChI=1S/C22H18ClN3O4S/c23-14-4-1-12(2-5-14)10-24-21(28)15-6-8-18-19(15)25-22(31-18)26-20(27)13-3-7-16-17(9-13)30-11-29-16/h1-5,7,9,15H,6,8,10-11H2,(H,24,28)(H,25,26,27). The number of nitrogens with zero attached hydrogens (tertiary/aromatic N) is 1. The summed E-state index contributed by atoms with van der Waals surface area (Å²) < 4.78 is 10.6. The highest BCUT2D eigenvalue weighted by Gasteiger charge is 2.32. The zero-order valence-electron chi connectivity index (χ0n) is 16.3. The summed E-state index contributed by atoms with van der Waals surface area (Å²) in [7, 11) is 0. The fourth-order valence-electron chi connectivity index (χ4n) is 3.66. The molecular formula is C22H18ClN3O4S. The summed E-state index contributed by atoms with van der Waals surface area (Å²) in [5, 5.41) is 6.95. The Labute approximate surface area is 187 Å². The molecule has 0 saturated heterocycles. The van der Waals surface area contributed by atoms with Crippen LogP contribution in [0.25, 0.3) is 0 Å². The topological polar surface area (TPSA) is 89.6 Å². The van der Waals surface area contributed by atoms with E-state index in [2.05, 4.69) is 15.6 Å². The molecule has 2 heterocycles. The largest absolute Gasteiger partial charge is 0.454 e. The summed E-state index contributed by atoms with van der Waals surface area (Å²) in [4.78, 5) is 30.9. The molecule has 1 aliphatic heterocycles. The van der Waals surface area contributed by atoms with E-state index < -0.39 is 0 Å². The first-order chi connectivity index (χ1) is 15.1. The van der Waals surface area contributed by atoms with Crippen molar-refractivity contribution in [1.29, 1.82) is 0 Å². The Morgan fingerprint density at radius 3 is 2.77 bits per heavy atom. The minimum absolute atomic E-state index is 0.0624. The van der Waals surface area contributed by atoms with Crippen molar-refractivity contribution in [3.05, 3.63) is 69.2 Å². The molecule has 5 rings (SSSR count). The minimum Gasteiger partial charge on any atom is -0.454 e. The van der Waals surface area contributed by atoms with Gasteiger partial charge in [-0.05, 0) is 48.7 Å². The molecule has 3 aromatic rings. The minimum atomic E-state index is -0.310. The lowest BCUT2D eigenvalue weighted by atomic mass is 10.1. The predicted octanol–water partition coefficient (Wildman–Crippen LogP) is 4.12. The molecule has 1 atom stereocenters. The van der Waals surface area contributed by atoms with Crippen molar-refractivity contribution in [1.82, 2.24) is 10.3 Å². The zero-order chi connectivity index (χ0) is 21.4. The van der Waals surface area contributed by atoms with Crippen LogP contribution in [-0.2, 0) is 17.8 Å². The van der Waals surface area contributed by atoms with Gasteiger partial charge in [-0.3, -0.25) is 14.9 Å². The monoisotopic (exact) mass is 455 g/mol. The van der Waals surface area contributed by atoms with Crippen LogP contribution in [0.2, 0.25) is 5.02 Å². The van der Waals surface area contributed by atoms with Gasteiger partial charge in [-0.1, -0.05) is 23.7 Å². The Balaban J connectivity index is 1.24. The van der Waals surface area contributed by atoms with E-state index in [0.717, 1.165) is 29.0 Å². The molecule has 2 aliphatic rings. The van der Waals surface area contributed by atoms with Gasteiger partial charge in [-0.2, -0.15) is 0 Å². The third-order valence-electron chi connectivity index (χ3n) is 5.27. The number of aryl methyl sites for hydroxylation is 1. The van der Waals surface area contributed by atoms with Crippen molar-refractivity contribution in [2.45, 2.75) is 25.3 Å². The first-order valence-electron chi connectivity index (χ1n) is 9.79. The highest BCUT2D eigenvalue weighted by Crippen LogP contribution is 2.39. The Kier molecular flexibility index (Phi) is 5.25. The second-order valence-corrected chi connectivity index (χ2v) is 8.81. The van der Waals surface area contributed by atoms with Crippen LogP contribution >= 0.6 is 22.9 Å². The van der Waals surface area contributed by atoms with E-state index in [1.165, 1.54) is 11.3 Å². The molecule has 31 heavy (non-hydrogen) atoms. The van der Waals surface area contributed by atoms with Crippen LogP contribution in [0, 0.1) is 0 Å². The molecular weight excluding hydrogens is 438 g/mol. The number of anilines is 1. The van der Waals surface area contributed by atoms with E-state index in [0.29, 0.717) is 33.8 Å². The van der Waals surface area contributed by atoms with Gasteiger partial charge in [0.25, 0.3) is 5.91 Å². The summed E-state index contributed by atoms with van der Waals surface area (Å²) >= 11 is 7.31. The van der Waals surface area contributed by atoms with Crippen LogP contribution in [-0.4, -0.2) is 23.6 Å². The summed E-state index contributed by atoms with van der Waals surface area (Å²) in [6, 6.07) is 12.4. The maximum absolute atomic E-state index is 12.7. The smallest absolute Gasteiger partial charge is 0.257 e. The quantitative estimate of drug-likeness (QED) is 0.604. The second-order valence-electron chi connectivity index (χ2n) is 7.29. The van der Waals surface area contributed by atoms with Crippen LogP contribution in [0.4, 0.5) is 5.13 Å². The maximum Gasteiger partial charge on any atom is 0.257 e. The van der Waals surface area contributed by atoms with Crippen LogP contribution in [0.5, 0.6) is 11.5 Å². The molecule has 1 unspecified atom stereocenters. The fraction of sp³-hybridized carbons (Fsp3) is 0.227. The summed E-state index contributed by atoms with van der Waals surface area (Å²) in [6.45, 7) is 0.584. The Hall–Kier alpha value is -3.10. The van der Waals surface area contributed by atoms with E-state index in [9.17, 15) is 9.59 Å². The number of halogens is 1. The number of carbonyl (C=O) groups is 2. The Morgan fingerprint density at radius 1 is 1.13 bits per heavy atom. The molecule has 0 spiro atoms. The highest BCUT2D eigenvalue weighted by molar-refractivity contribution is 7.16. The zero-order valence-corrected chi connectivity index (χ0v) is 17.9. The molecule has 0 saturated carbocycles. The van der Waals surface area contributed by atoms with Gasteiger partial charge in [0, 0.05) is 22.0 Å². The average molecular weight is 456 g/mol. The summed E-state index contributed by atoms with van der Waals surface area (Å²) in [5.41, 5.74) is 2.18. The number of fused-ring (bicyclic) bond motifs is 2. The lowest BCUT2D eigenvalue weighted by Crippen LogP contribution is -2.28. The molecule has 2 amide bonds. The average Bonchev–Trinajstić information content (AvgIpc) is 3.48. The molecule has 1 aliphatic carbocycles. The van der Waals surface area contributed by atoms with Gasteiger partial charge in [0.15, 0.2) is 16.6 Å². The van der Waals surface area contributed by atoms with E-state index in [1.54, 1.807) is 30.3 Å². The van der Waals surface area contributed by atoms with Gasteiger partial charge < -0.3 is 14.8 Å². The normalized spacial score (nSPS) is 16.1. The van der Waals surface area contributed by atoms with Gasteiger partial charge >= 0.3 is 0 Å². The Morgan fingerprint density at radius 2 is 1.94 bits per heavy atom. The molecule has 0 fully saturated rings. The van der Waals surface area contributed by atoms with Crippen molar-refractivity contribution in [2.75, 3.05) is 12.1 Å². The van der Waals surface area contributed by atoms with Crippen LogP contribution < -0.4 is 20.1 Å². The lowest BCUT2D eigenvalue weighted by Gasteiger charge is -2.11. The van der Waals surface area contributed by atoms with Gasteiger partial charge in [0.1, 0.15) is 0 Å². The number of aromatic nitrogens is 1. The van der Waals surface area contributed by atoms with Crippen molar-refractivity contribution < 1.29 is 19.1 Å². The predicted molar refractivity (Wildman–Crippen MR) is 117 cm³/mol. The molecule has 0 bridgehead atoms. The Bertz CT molecular complexity index is 1160. The number of carbonyl (C=O) groups excluding carboxylic acids is 2. The number of rotatable bonds is 5. The molecule has 2 N–H and O–H groups in total. The van der Waals surface area contributed by atoms with Crippen LogP contribution in [0.3, 0.4) is 0 Å². The first-order valence-corrected chi connectivity index (χ1v) is 11.0. The van der Waals surface area contributed by atoms with E-state index in [1.807, 2.05) is 12.1 Å². The summed E-state index contributed by atoms with van der Waals surface area (Å²) in [6.07, 6.45) is 1.49. The van der Waals surface area contributed by atoms with Crippen LogP contribution in [0.1, 0.15) is 38.8 Å². The number of ether oxygens (including phenoxy) is 2. The SMILES string of the molecule is O=C(Nc1nc2c(s1)CCC2C(=O)NCc1ccc(Cl)cc1)c1ccc2c(c1)OCO2. The second kappa shape index (κ2) is 8.20. The fourth-order valence-corrected chi connectivity index (χ4v) is 4.82. The number of hydrogen-bond donors (Lipinski definition) is 2. The number of nitrogens with one attached hydrogen (secondary N) is 2. The van der Waals surface area contributed by atoms with Crippen molar-refractivity contribution in [3.8, 4) is 11.5 Å².